The second-order valence-electron chi connectivity index (χ2n) is 6.52. The zero-order valence-electron chi connectivity index (χ0n) is 14.4. The Bertz CT molecular complexity index is 863. The maximum atomic E-state index is 14.3. The normalized spacial score (nSPS) is 15.4. The summed E-state index contributed by atoms with van der Waals surface area (Å²) in [4.78, 5) is 24.7. The van der Waals surface area contributed by atoms with Crippen molar-refractivity contribution in [3.63, 3.8) is 0 Å². The number of nitrogens with one attached hydrogen (secondary N) is 1. The van der Waals surface area contributed by atoms with E-state index in [9.17, 15) is 22.8 Å². The number of carbonyl (C=O) groups is 2. The van der Waals surface area contributed by atoms with E-state index in [1.807, 2.05) is 0 Å². The molecule has 0 atom stereocenters. The molecule has 1 N–H and O–H groups in total. The Hall–Kier alpha value is -2.83. The zero-order valence-corrected chi connectivity index (χ0v) is 14.4. The Kier molecular flexibility index (Phi) is 5.48. The highest BCUT2D eigenvalue weighted by Gasteiger charge is 2.45. The van der Waals surface area contributed by atoms with E-state index in [1.54, 1.807) is 18.2 Å². The minimum atomic E-state index is -1.10. The first-order chi connectivity index (χ1) is 12.9. The third kappa shape index (κ3) is 3.97. The molecular weight excluding hydrogens is 359 g/mol. The van der Waals surface area contributed by atoms with Crippen molar-refractivity contribution < 1.29 is 27.5 Å². The summed E-state index contributed by atoms with van der Waals surface area (Å²) >= 11 is 0. The molecule has 0 heterocycles. The van der Waals surface area contributed by atoms with E-state index in [2.05, 4.69) is 5.32 Å². The first kappa shape index (κ1) is 18.9. The molecule has 3 rings (SSSR count). The number of amides is 1. The van der Waals surface area contributed by atoms with Crippen LogP contribution in [0, 0.1) is 17.5 Å². The SMILES string of the molecule is O=C(COC(=O)C1(c2ccccc2F)CCCC1)Nc1ccc(F)c(F)c1. The van der Waals surface area contributed by atoms with Crippen molar-refractivity contribution in [2.24, 2.45) is 0 Å². The van der Waals surface area contributed by atoms with Crippen LogP contribution in [0.15, 0.2) is 42.5 Å². The molecule has 0 saturated heterocycles. The summed E-state index contributed by atoms with van der Waals surface area (Å²) in [7, 11) is 0. The van der Waals surface area contributed by atoms with E-state index >= 15 is 0 Å². The van der Waals surface area contributed by atoms with Crippen LogP contribution in [0.1, 0.15) is 31.2 Å². The summed E-state index contributed by atoms with van der Waals surface area (Å²) in [6, 6.07) is 8.94. The minimum absolute atomic E-state index is 0.0413. The minimum Gasteiger partial charge on any atom is -0.455 e. The largest absolute Gasteiger partial charge is 0.455 e. The third-order valence-corrected chi connectivity index (χ3v) is 4.77. The van der Waals surface area contributed by atoms with E-state index in [0.29, 0.717) is 12.8 Å². The number of ether oxygens (including phenoxy) is 1. The Balaban J connectivity index is 1.67. The average molecular weight is 377 g/mol. The third-order valence-electron chi connectivity index (χ3n) is 4.77. The monoisotopic (exact) mass is 377 g/mol. The summed E-state index contributed by atoms with van der Waals surface area (Å²) in [5.41, 5.74) is -0.790. The summed E-state index contributed by atoms with van der Waals surface area (Å²) in [5.74, 6) is -3.98. The molecule has 27 heavy (non-hydrogen) atoms. The van der Waals surface area contributed by atoms with Crippen molar-refractivity contribution in [3.8, 4) is 0 Å². The fourth-order valence-corrected chi connectivity index (χ4v) is 3.45. The summed E-state index contributed by atoms with van der Waals surface area (Å²) in [6.45, 7) is -0.603. The Morgan fingerprint density at radius 2 is 1.67 bits per heavy atom. The van der Waals surface area contributed by atoms with Crippen molar-refractivity contribution in [3.05, 3.63) is 65.5 Å². The molecule has 1 amide bonds. The van der Waals surface area contributed by atoms with E-state index < -0.39 is 41.4 Å². The second kappa shape index (κ2) is 7.82. The van der Waals surface area contributed by atoms with Crippen LogP contribution in [0.3, 0.4) is 0 Å². The molecule has 0 aliphatic heterocycles. The molecule has 0 aromatic heterocycles. The van der Waals surface area contributed by atoms with Gasteiger partial charge in [0.15, 0.2) is 18.2 Å². The molecule has 1 fully saturated rings. The summed E-state index contributed by atoms with van der Waals surface area (Å²) in [5, 5.41) is 2.32. The topological polar surface area (TPSA) is 55.4 Å². The van der Waals surface area contributed by atoms with Gasteiger partial charge in [0.05, 0.1) is 5.41 Å². The molecule has 1 aliphatic carbocycles. The number of rotatable bonds is 5. The molecule has 0 radical (unpaired) electrons. The lowest BCUT2D eigenvalue weighted by Gasteiger charge is -2.27. The molecule has 0 spiro atoms. The summed E-state index contributed by atoms with van der Waals surface area (Å²) in [6.07, 6.45) is 2.39. The number of carbonyl (C=O) groups excluding carboxylic acids is 2. The standard InChI is InChI=1S/C20H18F3NO3/c21-15-6-2-1-5-14(15)20(9-3-4-10-20)19(26)27-12-18(25)24-13-7-8-16(22)17(23)11-13/h1-2,5-8,11H,3-4,9-10,12H2,(H,24,25). The quantitative estimate of drug-likeness (QED) is 0.799. The Morgan fingerprint density at radius 3 is 2.33 bits per heavy atom. The highest BCUT2D eigenvalue weighted by molar-refractivity contribution is 5.94. The Morgan fingerprint density at radius 1 is 0.963 bits per heavy atom. The molecule has 0 unspecified atom stereocenters. The van der Waals surface area contributed by atoms with Gasteiger partial charge in [-0.3, -0.25) is 9.59 Å². The van der Waals surface area contributed by atoms with Crippen LogP contribution in [-0.2, 0) is 19.7 Å². The molecule has 7 heteroatoms. The van der Waals surface area contributed by atoms with Gasteiger partial charge in [-0.25, -0.2) is 13.2 Å². The predicted octanol–water partition coefficient (Wildman–Crippen LogP) is 4.10. The van der Waals surface area contributed by atoms with Crippen LogP contribution in [0.5, 0.6) is 0 Å². The second-order valence-corrected chi connectivity index (χ2v) is 6.52. The van der Waals surface area contributed by atoms with Crippen molar-refractivity contribution in [2.45, 2.75) is 31.1 Å². The zero-order chi connectivity index (χ0) is 19.4. The Labute approximate surface area is 154 Å². The van der Waals surface area contributed by atoms with Crippen LogP contribution >= 0.6 is 0 Å². The van der Waals surface area contributed by atoms with Gasteiger partial charge in [0.1, 0.15) is 5.82 Å². The van der Waals surface area contributed by atoms with Gasteiger partial charge in [-0.05, 0) is 31.0 Å². The number of benzene rings is 2. The van der Waals surface area contributed by atoms with Crippen LogP contribution in [0.2, 0.25) is 0 Å². The number of anilines is 1. The summed E-state index contributed by atoms with van der Waals surface area (Å²) < 4.78 is 45.5. The van der Waals surface area contributed by atoms with Crippen molar-refractivity contribution >= 4 is 17.6 Å². The van der Waals surface area contributed by atoms with Crippen molar-refractivity contribution in [1.82, 2.24) is 0 Å². The highest BCUT2D eigenvalue weighted by atomic mass is 19.2. The fourth-order valence-electron chi connectivity index (χ4n) is 3.45. The molecule has 4 nitrogen and oxygen atoms in total. The van der Waals surface area contributed by atoms with Gasteiger partial charge < -0.3 is 10.1 Å². The van der Waals surface area contributed by atoms with E-state index in [4.69, 9.17) is 4.74 Å². The molecular formula is C20H18F3NO3. The van der Waals surface area contributed by atoms with Gasteiger partial charge >= 0.3 is 5.97 Å². The van der Waals surface area contributed by atoms with Crippen LogP contribution < -0.4 is 5.32 Å². The first-order valence-corrected chi connectivity index (χ1v) is 8.59. The van der Waals surface area contributed by atoms with Gasteiger partial charge in [0.2, 0.25) is 0 Å². The number of hydrogen-bond acceptors (Lipinski definition) is 3. The van der Waals surface area contributed by atoms with Crippen LogP contribution in [0.4, 0.5) is 18.9 Å². The molecule has 2 aromatic rings. The van der Waals surface area contributed by atoms with Crippen molar-refractivity contribution in [1.29, 1.82) is 0 Å². The molecule has 2 aromatic carbocycles. The smallest absolute Gasteiger partial charge is 0.317 e. The number of hydrogen-bond donors (Lipinski definition) is 1. The molecule has 0 bridgehead atoms. The lowest BCUT2D eigenvalue weighted by Crippen LogP contribution is -2.37. The van der Waals surface area contributed by atoms with Gasteiger partial charge in [-0.1, -0.05) is 31.0 Å². The predicted molar refractivity (Wildman–Crippen MR) is 92.5 cm³/mol. The maximum absolute atomic E-state index is 14.3. The van der Waals surface area contributed by atoms with Gasteiger partial charge in [0, 0.05) is 17.3 Å². The fraction of sp³-hybridized carbons (Fsp3) is 0.300. The lowest BCUT2D eigenvalue weighted by molar-refractivity contribution is -0.153. The van der Waals surface area contributed by atoms with Crippen LogP contribution in [-0.4, -0.2) is 18.5 Å². The van der Waals surface area contributed by atoms with E-state index in [1.165, 1.54) is 12.1 Å². The molecule has 1 aliphatic rings. The van der Waals surface area contributed by atoms with Gasteiger partial charge in [-0.15, -0.1) is 0 Å². The van der Waals surface area contributed by atoms with E-state index in [-0.39, 0.29) is 11.3 Å². The average Bonchev–Trinajstić information content (AvgIpc) is 3.14. The molecule has 1 saturated carbocycles. The van der Waals surface area contributed by atoms with Gasteiger partial charge in [-0.2, -0.15) is 0 Å². The van der Waals surface area contributed by atoms with Crippen LogP contribution in [0.25, 0.3) is 0 Å². The lowest BCUT2D eigenvalue weighted by atomic mass is 9.78. The van der Waals surface area contributed by atoms with E-state index in [0.717, 1.165) is 25.0 Å². The number of halogens is 3. The highest BCUT2D eigenvalue weighted by Crippen LogP contribution is 2.43. The first-order valence-electron chi connectivity index (χ1n) is 8.59. The van der Waals surface area contributed by atoms with Gasteiger partial charge in [0.25, 0.3) is 5.91 Å². The van der Waals surface area contributed by atoms with Crippen molar-refractivity contribution in [2.75, 3.05) is 11.9 Å². The maximum Gasteiger partial charge on any atom is 0.317 e. The number of esters is 1. The molecule has 142 valence electrons.